The summed E-state index contributed by atoms with van der Waals surface area (Å²) in [4.78, 5) is 24.5. The van der Waals surface area contributed by atoms with E-state index in [1.165, 1.54) is 0 Å². The van der Waals surface area contributed by atoms with Crippen molar-refractivity contribution < 1.29 is 4.52 Å². The van der Waals surface area contributed by atoms with Crippen LogP contribution in [0.25, 0.3) is 10.8 Å². The van der Waals surface area contributed by atoms with Crippen LogP contribution in [0.1, 0.15) is 49.2 Å². The van der Waals surface area contributed by atoms with Crippen LogP contribution in [-0.4, -0.2) is 48.9 Å². The molecule has 0 spiro atoms. The first-order chi connectivity index (χ1) is 17.1. The molecule has 182 valence electrons. The lowest BCUT2D eigenvalue weighted by Gasteiger charge is -2.24. The lowest BCUT2D eigenvalue weighted by molar-refractivity contribution is 0.219. The lowest BCUT2D eigenvalue weighted by Crippen LogP contribution is -2.38. The molecule has 1 fully saturated rings. The van der Waals surface area contributed by atoms with E-state index in [2.05, 4.69) is 26.9 Å². The van der Waals surface area contributed by atoms with E-state index in [1.807, 2.05) is 24.3 Å². The molecule has 4 heterocycles. The number of hydrogen-bond donors (Lipinski definition) is 0. The molecule has 0 saturated carbocycles. The van der Waals surface area contributed by atoms with Crippen molar-refractivity contribution in [3.05, 3.63) is 81.1 Å². The number of fused-ring (bicyclic) bond motifs is 1. The first kappa shape index (κ1) is 23.6. The van der Waals surface area contributed by atoms with Crippen molar-refractivity contribution in [2.75, 3.05) is 13.1 Å². The Labute approximate surface area is 208 Å². The maximum absolute atomic E-state index is 13.3. The van der Waals surface area contributed by atoms with Crippen molar-refractivity contribution in [1.29, 1.82) is 0 Å². The molecule has 1 atom stereocenters. The molecule has 1 saturated heterocycles. The summed E-state index contributed by atoms with van der Waals surface area (Å²) in [6.45, 7) is 4.47. The van der Waals surface area contributed by atoms with Crippen LogP contribution in [0.15, 0.2) is 52.0 Å². The Bertz CT molecular complexity index is 1350. The molecule has 1 unspecified atom stereocenters. The van der Waals surface area contributed by atoms with Gasteiger partial charge in [-0.2, -0.15) is 10.1 Å². The minimum Gasteiger partial charge on any atom is -0.339 e. The maximum atomic E-state index is 13.3. The third kappa shape index (κ3) is 5.44. The second kappa shape index (κ2) is 10.7. The summed E-state index contributed by atoms with van der Waals surface area (Å²) in [7, 11) is 0. The molecule has 9 heteroatoms. The molecule has 8 nitrogen and oxygen atoms in total. The number of aromatic nitrogens is 5. The first-order valence-corrected chi connectivity index (χ1v) is 12.6. The number of aryl methyl sites for hydroxylation is 1. The molecule has 35 heavy (non-hydrogen) atoms. The monoisotopic (exact) mass is 492 g/mol. The topological polar surface area (TPSA) is 89.9 Å². The van der Waals surface area contributed by atoms with E-state index in [4.69, 9.17) is 21.2 Å². The summed E-state index contributed by atoms with van der Waals surface area (Å²) in [6, 6.07) is 9.75. The molecule has 1 aromatic carbocycles. The van der Waals surface area contributed by atoms with Gasteiger partial charge < -0.3 is 4.52 Å². The van der Waals surface area contributed by atoms with Crippen LogP contribution in [0.5, 0.6) is 0 Å². The first-order valence-electron chi connectivity index (χ1n) is 12.2. The SMILES string of the molecule is CCCc1noc(CCN2CCCC2Cn2nc(Cc3ccc(Cl)cc3)c3cnccc3c2=O)n1. The highest BCUT2D eigenvalue weighted by Crippen LogP contribution is 2.21. The van der Waals surface area contributed by atoms with Gasteiger partial charge in [0.15, 0.2) is 5.82 Å². The van der Waals surface area contributed by atoms with Gasteiger partial charge in [0.2, 0.25) is 5.89 Å². The predicted octanol–water partition coefficient (Wildman–Crippen LogP) is 4.08. The smallest absolute Gasteiger partial charge is 0.274 e. The average molecular weight is 493 g/mol. The summed E-state index contributed by atoms with van der Waals surface area (Å²) >= 11 is 6.06. The van der Waals surface area contributed by atoms with Gasteiger partial charge in [0, 0.05) is 54.7 Å². The fourth-order valence-electron chi connectivity index (χ4n) is 4.80. The minimum atomic E-state index is -0.0739. The summed E-state index contributed by atoms with van der Waals surface area (Å²) < 4.78 is 7.05. The minimum absolute atomic E-state index is 0.0739. The molecule has 1 aliphatic heterocycles. The Morgan fingerprint density at radius 1 is 1.14 bits per heavy atom. The molecule has 0 bridgehead atoms. The maximum Gasteiger partial charge on any atom is 0.274 e. The van der Waals surface area contributed by atoms with Gasteiger partial charge in [0.1, 0.15) is 0 Å². The summed E-state index contributed by atoms with van der Waals surface area (Å²) in [6.07, 6.45) is 8.67. The Morgan fingerprint density at radius 2 is 2.00 bits per heavy atom. The Morgan fingerprint density at radius 3 is 2.83 bits per heavy atom. The van der Waals surface area contributed by atoms with Gasteiger partial charge in [-0.15, -0.1) is 0 Å². The van der Waals surface area contributed by atoms with E-state index in [-0.39, 0.29) is 11.6 Å². The lowest BCUT2D eigenvalue weighted by atomic mass is 10.1. The molecular formula is C26H29ClN6O2. The van der Waals surface area contributed by atoms with Crippen LogP contribution in [-0.2, 0) is 25.8 Å². The van der Waals surface area contributed by atoms with Crippen LogP contribution >= 0.6 is 11.6 Å². The van der Waals surface area contributed by atoms with Gasteiger partial charge in [-0.3, -0.25) is 14.7 Å². The second-order valence-corrected chi connectivity index (χ2v) is 9.53. The van der Waals surface area contributed by atoms with Crippen LogP contribution in [0.3, 0.4) is 0 Å². The molecule has 0 N–H and O–H groups in total. The highest BCUT2D eigenvalue weighted by Gasteiger charge is 2.26. The van der Waals surface area contributed by atoms with Crippen molar-refractivity contribution >= 4 is 22.4 Å². The van der Waals surface area contributed by atoms with E-state index in [0.717, 1.165) is 61.2 Å². The predicted molar refractivity (Wildman–Crippen MR) is 135 cm³/mol. The second-order valence-electron chi connectivity index (χ2n) is 9.09. The molecular weight excluding hydrogens is 464 g/mol. The van der Waals surface area contributed by atoms with Crippen LogP contribution in [0.4, 0.5) is 0 Å². The quantitative estimate of drug-likeness (QED) is 0.347. The van der Waals surface area contributed by atoms with Gasteiger partial charge in [-0.1, -0.05) is 35.8 Å². The van der Waals surface area contributed by atoms with Crippen molar-refractivity contribution in [3.8, 4) is 0 Å². The average Bonchev–Trinajstić information content (AvgIpc) is 3.51. The highest BCUT2D eigenvalue weighted by atomic mass is 35.5. The highest BCUT2D eigenvalue weighted by molar-refractivity contribution is 6.30. The normalized spacial score (nSPS) is 16.3. The Hall–Kier alpha value is -3.10. The number of pyridine rings is 1. The van der Waals surface area contributed by atoms with Crippen LogP contribution in [0, 0.1) is 0 Å². The molecule has 0 radical (unpaired) electrons. The van der Waals surface area contributed by atoms with Crippen LogP contribution in [0.2, 0.25) is 5.02 Å². The molecule has 1 aliphatic rings. The van der Waals surface area contributed by atoms with Crippen molar-refractivity contribution in [2.45, 2.75) is 58.0 Å². The van der Waals surface area contributed by atoms with Crippen molar-refractivity contribution in [2.24, 2.45) is 0 Å². The third-order valence-corrected chi connectivity index (χ3v) is 6.85. The summed E-state index contributed by atoms with van der Waals surface area (Å²) in [5.74, 6) is 1.45. The third-order valence-electron chi connectivity index (χ3n) is 6.60. The standard InChI is InChI=1S/C26H29ClN6O2/c1-2-4-24-29-25(35-31-24)11-14-32-13-3-5-20(32)17-33-26(34)21-10-12-28-16-22(21)23(30-33)15-18-6-8-19(27)9-7-18/h6-10,12,16,20H,2-5,11,13-15,17H2,1H3. The van der Waals surface area contributed by atoms with Gasteiger partial charge in [-0.05, 0) is 49.6 Å². The molecule has 5 rings (SSSR count). The summed E-state index contributed by atoms with van der Waals surface area (Å²) in [5.41, 5.74) is 1.85. The Balaban J connectivity index is 1.36. The van der Waals surface area contributed by atoms with Crippen molar-refractivity contribution in [1.82, 2.24) is 29.8 Å². The number of halogens is 1. The molecule has 0 amide bonds. The van der Waals surface area contributed by atoms with E-state index < -0.39 is 0 Å². The van der Waals surface area contributed by atoms with Crippen LogP contribution < -0.4 is 5.56 Å². The van der Waals surface area contributed by atoms with E-state index in [1.54, 1.807) is 23.1 Å². The zero-order valence-corrected chi connectivity index (χ0v) is 20.6. The van der Waals surface area contributed by atoms with Gasteiger partial charge in [-0.25, -0.2) is 4.68 Å². The van der Waals surface area contributed by atoms with E-state index >= 15 is 0 Å². The van der Waals surface area contributed by atoms with E-state index in [9.17, 15) is 4.79 Å². The zero-order chi connectivity index (χ0) is 24.2. The fourth-order valence-corrected chi connectivity index (χ4v) is 4.92. The van der Waals surface area contributed by atoms with Gasteiger partial charge in [0.25, 0.3) is 5.56 Å². The number of hydrogen-bond acceptors (Lipinski definition) is 7. The largest absolute Gasteiger partial charge is 0.339 e. The molecule has 4 aromatic rings. The number of rotatable bonds is 9. The number of nitrogens with zero attached hydrogens (tertiary/aromatic N) is 6. The van der Waals surface area contributed by atoms with Gasteiger partial charge in [0.05, 0.1) is 17.6 Å². The molecule has 0 aliphatic carbocycles. The number of benzene rings is 1. The number of likely N-dealkylation sites (tertiary alicyclic amines) is 1. The van der Waals surface area contributed by atoms with Gasteiger partial charge >= 0.3 is 0 Å². The Kier molecular flexibility index (Phi) is 7.20. The molecule has 3 aromatic heterocycles. The van der Waals surface area contributed by atoms with Crippen molar-refractivity contribution in [3.63, 3.8) is 0 Å². The summed E-state index contributed by atoms with van der Waals surface area (Å²) in [5, 5.41) is 11.0. The van der Waals surface area contributed by atoms with E-state index in [0.29, 0.717) is 35.7 Å². The fraction of sp³-hybridized carbons (Fsp3) is 0.423. The zero-order valence-electron chi connectivity index (χ0n) is 19.9.